The molecule has 3 heterocycles. The Kier molecular flexibility index (Phi) is 11.5. The Morgan fingerprint density at radius 2 is 1.26 bits per heavy atom. The molecule has 4 rings (SSSR count). The molecule has 0 aromatic heterocycles. The average Bonchev–Trinajstić information content (AvgIpc) is 2.98. The highest BCUT2D eigenvalue weighted by Gasteiger charge is 2.53. The van der Waals surface area contributed by atoms with Crippen molar-refractivity contribution in [2.75, 3.05) is 19.8 Å². The van der Waals surface area contributed by atoms with E-state index in [0.717, 1.165) is 0 Å². The van der Waals surface area contributed by atoms with Crippen LogP contribution < -0.4 is 0 Å². The molecule has 43 heavy (non-hydrogen) atoms. The Labute approximate surface area is 245 Å². The van der Waals surface area contributed by atoms with Crippen molar-refractivity contribution in [2.24, 2.45) is 0 Å². The molecule has 0 radical (unpaired) electrons. The summed E-state index contributed by atoms with van der Waals surface area (Å²) in [6.45, 7) is -0.147. The van der Waals surface area contributed by atoms with E-state index in [2.05, 4.69) is 0 Å². The van der Waals surface area contributed by atoms with Gasteiger partial charge < -0.3 is 84.6 Å². The molecular weight excluding hydrogens is 584 g/mol. The Balaban J connectivity index is 1.49. The number of aromatic hydroxyl groups is 2. The number of rotatable bonds is 10. The molecule has 1 aromatic carbocycles. The molecule has 17 nitrogen and oxygen atoms in total. The van der Waals surface area contributed by atoms with Gasteiger partial charge in [-0.05, 0) is 31.0 Å². The molecule has 3 fully saturated rings. The fraction of sp³-hybridized carbons (Fsp3) is 0.769. The van der Waals surface area contributed by atoms with Crippen LogP contribution in [0.5, 0.6) is 11.5 Å². The third-order valence-corrected chi connectivity index (χ3v) is 7.75. The van der Waals surface area contributed by atoms with Crippen LogP contribution in [0, 0.1) is 0 Å². The van der Waals surface area contributed by atoms with E-state index in [1.54, 1.807) is 6.07 Å². The number of hydrogen-bond donors (Lipinski definition) is 11. The molecule has 3 saturated heterocycles. The van der Waals surface area contributed by atoms with Crippen molar-refractivity contribution in [3.05, 3.63) is 23.8 Å². The van der Waals surface area contributed by atoms with Crippen molar-refractivity contribution >= 4 is 0 Å². The zero-order chi connectivity index (χ0) is 31.6. The fourth-order valence-electron chi connectivity index (χ4n) is 5.12. The van der Waals surface area contributed by atoms with Gasteiger partial charge in [0, 0.05) is 0 Å². The standard InChI is InChI=1S/C26H40O17/c1-9-15(31)19(35)23(43-25-20(36)18(34)16(32)13(7-27)41-25)26(39-9)42-22-17(33)14(8-28)40-24(21(22)37)38-5-4-10-2-3-11(29)12(30)6-10/h2-3,6,9,13-37H,4-5,7-8H2,1H3. The summed E-state index contributed by atoms with van der Waals surface area (Å²) in [6.07, 6.45) is -23.7. The highest BCUT2D eigenvalue weighted by Crippen LogP contribution is 2.33. The average molecular weight is 625 g/mol. The summed E-state index contributed by atoms with van der Waals surface area (Å²) in [5, 5.41) is 112. The number of hydrogen-bond acceptors (Lipinski definition) is 17. The van der Waals surface area contributed by atoms with Gasteiger partial charge in [-0.15, -0.1) is 0 Å². The van der Waals surface area contributed by atoms with Gasteiger partial charge in [0.1, 0.15) is 67.1 Å². The van der Waals surface area contributed by atoms with Gasteiger partial charge in [-0.3, -0.25) is 0 Å². The van der Waals surface area contributed by atoms with Gasteiger partial charge in [0.2, 0.25) is 0 Å². The maximum atomic E-state index is 11.0. The second kappa shape index (κ2) is 14.5. The number of benzene rings is 1. The van der Waals surface area contributed by atoms with Crippen molar-refractivity contribution in [2.45, 2.75) is 105 Å². The quantitative estimate of drug-likeness (QED) is 0.109. The van der Waals surface area contributed by atoms with Gasteiger partial charge in [0.25, 0.3) is 0 Å². The Morgan fingerprint density at radius 1 is 0.628 bits per heavy atom. The van der Waals surface area contributed by atoms with Crippen LogP contribution in [0.3, 0.4) is 0 Å². The monoisotopic (exact) mass is 624 g/mol. The molecule has 3 aliphatic heterocycles. The van der Waals surface area contributed by atoms with Gasteiger partial charge in [-0.2, -0.15) is 0 Å². The molecule has 1 aromatic rings. The summed E-state index contributed by atoms with van der Waals surface area (Å²) in [5.41, 5.74) is 0.581. The van der Waals surface area contributed by atoms with Crippen molar-refractivity contribution in [1.82, 2.24) is 0 Å². The van der Waals surface area contributed by atoms with Crippen molar-refractivity contribution in [3.8, 4) is 11.5 Å². The van der Waals surface area contributed by atoms with Crippen LogP contribution in [0.4, 0.5) is 0 Å². The number of phenolic OH excluding ortho intramolecular Hbond substituents is 2. The molecule has 17 heteroatoms. The number of aliphatic hydroxyl groups is 9. The van der Waals surface area contributed by atoms with E-state index in [1.807, 2.05) is 0 Å². The minimum Gasteiger partial charge on any atom is -0.504 e. The first-order valence-corrected chi connectivity index (χ1v) is 13.8. The van der Waals surface area contributed by atoms with E-state index in [1.165, 1.54) is 19.1 Å². The van der Waals surface area contributed by atoms with Gasteiger partial charge >= 0.3 is 0 Å². The predicted octanol–water partition coefficient (Wildman–Crippen LogP) is -4.87. The number of aliphatic hydroxyl groups excluding tert-OH is 9. The molecule has 15 atom stereocenters. The summed E-state index contributed by atoms with van der Waals surface area (Å²) in [5.74, 6) is -0.640. The minimum atomic E-state index is -1.87. The molecule has 246 valence electrons. The van der Waals surface area contributed by atoms with Gasteiger partial charge in [0.05, 0.1) is 25.9 Å². The lowest BCUT2D eigenvalue weighted by Crippen LogP contribution is -2.66. The molecular formula is C26H40O17. The normalized spacial score (nSPS) is 43.9. The van der Waals surface area contributed by atoms with Crippen LogP contribution in [-0.2, 0) is 34.8 Å². The van der Waals surface area contributed by atoms with Crippen LogP contribution in [0.15, 0.2) is 18.2 Å². The number of ether oxygens (including phenoxy) is 6. The SMILES string of the molecule is CC1OC(OC2C(O)C(CO)OC(OCCc3ccc(O)c(O)c3)C2O)C(OC2OC(CO)C(O)C(O)C2O)C(O)C1O. The maximum Gasteiger partial charge on any atom is 0.187 e. The Morgan fingerprint density at radius 3 is 1.91 bits per heavy atom. The lowest BCUT2D eigenvalue weighted by Gasteiger charge is -2.48. The third kappa shape index (κ3) is 7.38. The number of phenols is 2. The van der Waals surface area contributed by atoms with E-state index in [4.69, 9.17) is 28.4 Å². The van der Waals surface area contributed by atoms with Crippen molar-refractivity contribution in [1.29, 1.82) is 0 Å². The lowest BCUT2D eigenvalue weighted by atomic mass is 9.96. The summed E-state index contributed by atoms with van der Waals surface area (Å²) in [4.78, 5) is 0. The van der Waals surface area contributed by atoms with Crippen LogP contribution in [-0.4, -0.2) is 168 Å². The van der Waals surface area contributed by atoms with E-state index in [9.17, 15) is 56.2 Å². The summed E-state index contributed by atoms with van der Waals surface area (Å²) < 4.78 is 33.6. The van der Waals surface area contributed by atoms with Gasteiger partial charge in [-0.1, -0.05) is 6.07 Å². The van der Waals surface area contributed by atoms with Crippen LogP contribution in [0.1, 0.15) is 12.5 Å². The van der Waals surface area contributed by atoms with E-state index in [-0.39, 0.29) is 24.5 Å². The zero-order valence-corrected chi connectivity index (χ0v) is 23.1. The fourth-order valence-corrected chi connectivity index (χ4v) is 5.12. The van der Waals surface area contributed by atoms with Gasteiger partial charge in [0.15, 0.2) is 30.4 Å². The molecule has 0 bridgehead atoms. The zero-order valence-electron chi connectivity index (χ0n) is 23.1. The first-order valence-electron chi connectivity index (χ1n) is 13.8. The molecule has 0 saturated carbocycles. The molecule has 0 aliphatic carbocycles. The highest BCUT2D eigenvalue weighted by atomic mass is 16.8. The van der Waals surface area contributed by atoms with Crippen LogP contribution >= 0.6 is 0 Å². The maximum absolute atomic E-state index is 11.0. The molecule has 3 aliphatic rings. The topological polar surface area (TPSA) is 278 Å². The lowest BCUT2D eigenvalue weighted by molar-refractivity contribution is -0.386. The van der Waals surface area contributed by atoms with Crippen molar-refractivity contribution < 1.29 is 84.6 Å². The molecule has 0 amide bonds. The summed E-state index contributed by atoms with van der Waals surface area (Å²) in [7, 11) is 0. The second-order valence-electron chi connectivity index (χ2n) is 10.7. The Hall–Kier alpha value is -1.78. The minimum absolute atomic E-state index is 0.0718. The van der Waals surface area contributed by atoms with E-state index in [0.29, 0.717) is 5.56 Å². The molecule has 11 N–H and O–H groups in total. The largest absolute Gasteiger partial charge is 0.504 e. The van der Waals surface area contributed by atoms with Gasteiger partial charge in [-0.25, -0.2) is 0 Å². The summed E-state index contributed by atoms with van der Waals surface area (Å²) >= 11 is 0. The molecule has 15 unspecified atom stereocenters. The van der Waals surface area contributed by atoms with E-state index >= 15 is 0 Å². The first-order chi connectivity index (χ1) is 20.4. The predicted molar refractivity (Wildman–Crippen MR) is 137 cm³/mol. The third-order valence-electron chi connectivity index (χ3n) is 7.75. The van der Waals surface area contributed by atoms with E-state index < -0.39 is 105 Å². The highest BCUT2D eigenvalue weighted by molar-refractivity contribution is 5.40. The molecule has 0 spiro atoms. The Bertz CT molecular complexity index is 1030. The van der Waals surface area contributed by atoms with Crippen molar-refractivity contribution in [3.63, 3.8) is 0 Å². The first kappa shape index (κ1) is 34.1. The second-order valence-corrected chi connectivity index (χ2v) is 10.7. The smallest absolute Gasteiger partial charge is 0.187 e. The summed E-state index contributed by atoms with van der Waals surface area (Å²) in [6, 6.07) is 4.15. The van der Waals surface area contributed by atoms with Crippen LogP contribution in [0.25, 0.3) is 0 Å². The van der Waals surface area contributed by atoms with Crippen LogP contribution in [0.2, 0.25) is 0 Å².